The summed E-state index contributed by atoms with van der Waals surface area (Å²) in [5.41, 5.74) is 3.63. The second-order valence-electron chi connectivity index (χ2n) is 4.87. The quantitative estimate of drug-likeness (QED) is 0.573. The number of hydrogen-bond acceptors (Lipinski definition) is 4. The molecule has 0 aliphatic rings. The number of hydroxylamine groups is 1. The molecular weight excluding hydrogens is 298 g/mol. The Morgan fingerprint density at radius 2 is 2.00 bits per heavy atom. The fourth-order valence-corrected chi connectivity index (χ4v) is 3.08. The summed E-state index contributed by atoms with van der Waals surface area (Å²) in [5, 5.41) is 13.2. The van der Waals surface area contributed by atoms with Gasteiger partial charge in [0.25, 0.3) is 5.91 Å². The average molecular weight is 313 g/mol. The molecule has 0 saturated heterocycles. The van der Waals surface area contributed by atoms with Crippen LogP contribution in [0.3, 0.4) is 0 Å². The van der Waals surface area contributed by atoms with Crippen molar-refractivity contribution in [2.75, 3.05) is 0 Å². The van der Waals surface area contributed by atoms with Crippen molar-refractivity contribution >= 4 is 17.2 Å². The molecule has 2 heterocycles. The van der Waals surface area contributed by atoms with Crippen LogP contribution in [-0.2, 0) is 0 Å². The Bertz CT molecular complexity index is 780. The fraction of sp³-hybridized carbons (Fsp3) is 0.125. The van der Waals surface area contributed by atoms with Crippen molar-refractivity contribution < 1.29 is 10.0 Å². The molecule has 6 heteroatoms. The summed E-state index contributed by atoms with van der Waals surface area (Å²) in [6, 6.07) is 15.7. The van der Waals surface area contributed by atoms with Crippen molar-refractivity contribution in [2.24, 2.45) is 0 Å². The minimum atomic E-state index is -0.506. The lowest BCUT2D eigenvalue weighted by atomic mass is 10.1. The third-order valence-electron chi connectivity index (χ3n) is 3.47. The maximum absolute atomic E-state index is 11.4. The first-order valence-corrected chi connectivity index (χ1v) is 7.65. The summed E-state index contributed by atoms with van der Waals surface area (Å²) in [6.45, 7) is 2.09. The minimum absolute atomic E-state index is 0.134. The zero-order chi connectivity index (χ0) is 15.5. The Morgan fingerprint density at radius 1 is 1.23 bits per heavy atom. The van der Waals surface area contributed by atoms with Crippen LogP contribution in [0, 0.1) is 0 Å². The zero-order valence-electron chi connectivity index (χ0n) is 11.9. The molecule has 2 aromatic heterocycles. The second-order valence-corrected chi connectivity index (χ2v) is 5.96. The molecule has 3 aromatic rings. The van der Waals surface area contributed by atoms with Gasteiger partial charge < -0.3 is 0 Å². The topological polar surface area (TPSA) is 67.2 Å². The highest BCUT2D eigenvalue weighted by Gasteiger charge is 2.13. The number of aromatic nitrogens is 2. The van der Waals surface area contributed by atoms with Gasteiger partial charge in [-0.3, -0.25) is 14.7 Å². The third-order valence-corrected chi connectivity index (χ3v) is 4.58. The molecule has 1 unspecified atom stereocenters. The highest BCUT2D eigenvalue weighted by Crippen LogP contribution is 2.28. The lowest BCUT2D eigenvalue weighted by Gasteiger charge is -2.12. The van der Waals surface area contributed by atoms with Crippen LogP contribution in [0.5, 0.6) is 0 Å². The average Bonchev–Trinajstić information content (AvgIpc) is 3.23. The van der Waals surface area contributed by atoms with Gasteiger partial charge in [-0.2, -0.15) is 5.10 Å². The van der Waals surface area contributed by atoms with Gasteiger partial charge in [-0.1, -0.05) is 30.3 Å². The Balaban J connectivity index is 1.85. The van der Waals surface area contributed by atoms with Gasteiger partial charge in [0.05, 0.1) is 15.8 Å². The van der Waals surface area contributed by atoms with Gasteiger partial charge in [0.2, 0.25) is 0 Å². The number of carbonyl (C=O) groups excluding carboxylic acids is 1. The molecule has 2 N–H and O–H groups in total. The van der Waals surface area contributed by atoms with Gasteiger partial charge in [0.15, 0.2) is 0 Å². The van der Waals surface area contributed by atoms with E-state index >= 15 is 0 Å². The number of nitrogens with zero attached hydrogens (tertiary/aromatic N) is 2. The van der Waals surface area contributed by atoms with Crippen LogP contribution in [0.2, 0.25) is 0 Å². The first-order chi connectivity index (χ1) is 10.7. The van der Waals surface area contributed by atoms with Crippen LogP contribution in [0.4, 0.5) is 0 Å². The maximum atomic E-state index is 11.4. The third kappa shape index (κ3) is 2.79. The zero-order valence-corrected chi connectivity index (χ0v) is 12.7. The Hall–Kier alpha value is -2.44. The second kappa shape index (κ2) is 6.13. The van der Waals surface area contributed by atoms with Crippen LogP contribution in [0.15, 0.2) is 54.7 Å². The van der Waals surface area contributed by atoms with Gasteiger partial charge >= 0.3 is 0 Å². The van der Waals surface area contributed by atoms with E-state index in [1.54, 1.807) is 11.5 Å². The van der Waals surface area contributed by atoms with E-state index in [-0.39, 0.29) is 6.04 Å². The standard InChI is InChI=1S/C16H15N3O2S/c1-11(12-5-3-2-4-6-12)19-10-9-13(17-19)14-7-8-15(22-14)16(20)18-21/h2-11,21H,1H3,(H,18,20). The molecule has 1 atom stereocenters. The van der Waals surface area contributed by atoms with Crippen LogP contribution >= 0.6 is 11.3 Å². The molecule has 0 bridgehead atoms. The molecule has 1 aromatic carbocycles. The van der Waals surface area contributed by atoms with Crippen LogP contribution < -0.4 is 5.48 Å². The lowest BCUT2D eigenvalue weighted by molar-refractivity contribution is 0.0711. The van der Waals surface area contributed by atoms with Gasteiger partial charge in [-0.15, -0.1) is 11.3 Å². The van der Waals surface area contributed by atoms with E-state index in [1.165, 1.54) is 16.9 Å². The monoisotopic (exact) mass is 313 g/mol. The first kappa shape index (κ1) is 14.5. The number of nitrogens with one attached hydrogen (secondary N) is 1. The fourth-order valence-electron chi connectivity index (χ4n) is 2.22. The maximum Gasteiger partial charge on any atom is 0.284 e. The Morgan fingerprint density at radius 3 is 2.73 bits per heavy atom. The summed E-state index contributed by atoms with van der Waals surface area (Å²) in [6.07, 6.45) is 1.93. The van der Waals surface area contributed by atoms with Gasteiger partial charge in [-0.25, -0.2) is 5.48 Å². The minimum Gasteiger partial charge on any atom is -0.288 e. The SMILES string of the molecule is CC(c1ccccc1)n1ccc(-c2ccc(C(=O)NO)s2)n1. The largest absolute Gasteiger partial charge is 0.288 e. The van der Waals surface area contributed by atoms with Gasteiger partial charge in [-0.05, 0) is 30.7 Å². The van der Waals surface area contributed by atoms with E-state index in [2.05, 4.69) is 24.2 Å². The molecule has 0 aliphatic heterocycles. The molecule has 3 rings (SSSR count). The highest BCUT2D eigenvalue weighted by atomic mass is 32.1. The first-order valence-electron chi connectivity index (χ1n) is 6.84. The van der Waals surface area contributed by atoms with Crippen LogP contribution in [0.1, 0.15) is 28.2 Å². The number of hydrogen-bond donors (Lipinski definition) is 2. The molecule has 112 valence electrons. The Kier molecular flexibility index (Phi) is 4.04. The van der Waals surface area contributed by atoms with Crippen molar-refractivity contribution in [2.45, 2.75) is 13.0 Å². The van der Waals surface area contributed by atoms with Crippen LogP contribution in [0.25, 0.3) is 10.6 Å². The van der Waals surface area contributed by atoms with E-state index in [1.807, 2.05) is 41.2 Å². The van der Waals surface area contributed by atoms with E-state index < -0.39 is 5.91 Å². The molecule has 0 aliphatic carbocycles. The van der Waals surface area contributed by atoms with Crippen molar-refractivity contribution in [1.82, 2.24) is 15.3 Å². The summed E-state index contributed by atoms with van der Waals surface area (Å²) < 4.78 is 1.90. The predicted molar refractivity (Wildman–Crippen MR) is 85.0 cm³/mol. The summed E-state index contributed by atoms with van der Waals surface area (Å²) in [7, 11) is 0. The molecular formula is C16H15N3O2S. The number of rotatable bonds is 4. The summed E-state index contributed by atoms with van der Waals surface area (Å²) in [5.74, 6) is -0.506. The lowest BCUT2D eigenvalue weighted by Crippen LogP contribution is -2.16. The summed E-state index contributed by atoms with van der Waals surface area (Å²) in [4.78, 5) is 12.7. The van der Waals surface area contributed by atoms with E-state index in [9.17, 15) is 4.79 Å². The number of benzene rings is 1. The van der Waals surface area contributed by atoms with Crippen molar-refractivity contribution in [3.8, 4) is 10.6 Å². The Labute approximate surface area is 131 Å². The number of carbonyl (C=O) groups is 1. The van der Waals surface area contributed by atoms with Crippen molar-refractivity contribution in [3.05, 3.63) is 65.2 Å². The molecule has 1 amide bonds. The van der Waals surface area contributed by atoms with Gasteiger partial charge in [0.1, 0.15) is 5.69 Å². The normalized spacial score (nSPS) is 12.1. The molecule has 0 fully saturated rings. The van der Waals surface area contributed by atoms with Gasteiger partial charge in [0, 0.05) is 6.20 Å². The number of amides is 1. The van der Waals surface area contributed by atoms with Crippen LogP contribution in [-0.4, -0.2) is 20.9 Å². The van der Waals surface area contributed by atoms with Crippen molar-refractivity contribution in [3.63, 3.8) is 0 Å². The van der Waals surface area contributed by atoms with E-state index in [4.69, 9.17) is 5.21 Å². The molecule has 0 saturated carbocycles. The highest BCUT2D eigenvalue weighted by molar-refractivity contribution is 7.17. The molecule has 0 spiro atoms. The molecule has 0 radical (unpaired) electrons. The van der Waals surface area contributed by atoms with E-state index in [0.717, 1.165) is 10.6 Å². The van der Waals surface area contributed by atoms with Crippen molar-refractivity contribution in [1.29, 1.82) is 0 Å². The number of thiophene rings is 1. The summed E-state index contributed by atoms with van der Waals surface area (Å²) >= 11 is 1.29. The predicted octanol–water partition coefficient (Wildman–Crippen LogP) is 3.34. The molecule has 5 nitrogen and oxygen atoms in total. The molecule has 22 heavy (non-hydrogen) atoms. The smallest absolute Gasteiger partial charge is 0.284 e. The van der Waals surface area contributed by atoms with E-state index in [0.29, 0.717) is 4.88 Å².